The molecule has 0 fully saturated rings. The molecular weight excluding hydrogens is 436 g/mol. The smallest absolute Gasteiger partial charge is 0.264 e. The Bertz CT molecular complexity index is 1230. The lowest BCUT2D eigenvalue weighted by Crippen LogP contribution is -2.23. The Hall–Kier alpha value is -2.74. The summed E-state index contributed by atoms with van der Waals surface area (Å²) >= 11 is 6.06. The molecule has 0 aliphatic rings. The fraction of sp³-hybridized carbons (Fsp3) is 0.217. The number of aryl methyl sites for hydroxylation is 2. The first-order chi connectivity index (χ1) is 14.6. The van der Waals surface area contributed by atoms with E-state index in [9.17, 15) is 13.2 Å². The predicted molar refractivity (Wildman–Crippen MR) is 121 cm³/mol. The zero-order chi connectivity index (χ0) is 22.6. The minimum absolute atomic E-state index is 0.159. The number of hydrogen-bond donors (Lipinski definition) is 1. The first kappa shape index (κ1) is 22.9. The van der Waals surface area contributed by atoms with Crippen LogP contribution in [-0.2, 0) is 27.5 Å². The van der Waals surface area contributed by atoms with Crippen molar-refractivity contribution in [2.75, 3.05) is 6.26 Å². The normalized spacial score (nSPS) is 11.4. The van der Waals surface area contributed by atoms with Gasteiger partial charge in [-0.15, -0.1) is 0 Å². The summed E-state index contributed by atoms with van der Waals surface area (Å²) in [7, 11) is -3.62. The van der Waals surface area contributed by atoms with E-state index < -0.39 is 10.1 Å². The number of pyridine rings is 1. The Morgan fingerprint density at radius 2 is 1.84 bits per heavy atom. The van der Waals surface area contributed by atoms with Crippen LogP contribution in [0, 0.1) is 13.8 Å². The number of rotatable bonds is 7. The zero-order valence-electron chi connectivity index (χ0n) is 17.5. The molecule has 0 unspecified atom stereocenters. The third kappa shape index (κ3) is 6.37. The predicted octanol–water partition coefficient (Wildman–Crippen LogP) is 4.43. The number of benzene rings is 2. The lowest BCUT2D eigenvalue weighted by atomic mass is 9.97. The van der Waals surface area contributed by atoms with Gasteiger partial charge in [-0.05, 0) is 77.6 Å². The van der Waals surface area contributed by atoms with E-state index in [1.807, 2.05) is 38.1 Å². The molecule has 3 aromatic rings. The molecule has 2 aromatic carbocycles. The Balaban J connectivity index is 1.89. The van der Waals surface area contributed by atoms with Crippen molar-refractivity contribution in [2.24, 2.45) is 0 Å². The second kappa shape index (κ2) is 9.60. The molecule has 1 aromatic heterocycles. The van der Waals surface area contributed by atoms with Crippen molar-refractivity contribution in [3.63, 3.8) is 0 Å². The standard InChI is InChI=1S/C23H23ClN2O4S/c1-15-8-17(4-5-22(15)24)13-26-23(27)20-10-18(14-30-31(3,28)29)9-19(11-20)21-6-7-25-12-16(21)2/h4-12H,13-14H2,1-3H3,(H,26,27). The molecular formula is C23H23ClN2O4S. The second-order valence-electron chi connectivity index (χ2n) is 7.34. The first-order valence-electron chi connectivity index (χ1n) is 9.55. The van der Waals surface area contributed by atoms with Crippen LogP contribution < -0.4 is 5.32 Å². The molecule has 0 spiro atoms. The van der Waals surface area contributed by atoms with Crippen LogP contribution in [-0.4, -0.2) is 25.6 Å². The van der Waals surface area contributed by atoms with Gasteiger partial charge < -0.3 is 5.32 Å². The van der Waals surface area contributed by atoms with Gasteiger partial charge in [0.1, 0.15) is 0 Å². The molecule has 0 radical (unpaired) electrons. The molecule has 0 atom stereocenters. The molecule has 8 heteroatoms. The van der Waals surface area contributed by atoms with E-state index >= 15 is 0 Å². The van der Waals surface area contributed by atoms with Gasteiger partial charge in [-0.25, -0.2) is 0 Å². The fourth-order valence-electron chi connectivity index (χ4n) is 3.14. The molecule has 1 heterocycles. The van der Waals surface area contributed by atoms with E-state index in [1.165, 1.54) is 0 Å². The van der Waals surface area contributed by atoms with Crippen LogP contribution in [0.2, 0.25) is 5.02 Å². The molecule has 6 nitrogen and oxygen atoms in total. The maximum Gasteiger partial charge on any atom is 0.264 e. The number of nitrogens with one attached hydrogen (secondary N) is 1. The summed E-state index contributed by atoms with van der Waals surface area (Å²) in [6, 6.07) is 12.6. The summed E-state index contributed by atoms with van der Waals surface area (Å²) in [5.74, 6) is -0.276. The maximum absolute atomic E-state index is 12.9. The van der Waals surface area contributed by atoms with Crippen LogP contribution in [0.15, 0.2) is 54.9 Å². The molecule has 0 saturated carbocycles. The van der Waals surface area contributed by atoms with Gasteiger partial charge in [-0.3, -0.25) is 14.0 Å². The summed E-state index contributed by atoms with van der Waals surface area (Å²) in [6.45, 7) is 4.00. The van der Waals surface area contributed by atoms with Crippen LogP contribution in [0.5, 0.6) is 0 Å². The first-order valence-corrected chi connectivity index (χ1v) is 11.7. The number of halogens is 1. The molecule has 0 aliphatic carbocycles. The fourth-order valence-corrected chi connectivity index (χ4v) is 3.60. The van der Waals surface area contributed by atoms with Crippen molar-refractivity contribution in [1.82, 2.24) is 10.3 Å². The number of hydrogen-bond acceptors (Lipinski definition) is 5. The topological polar surface area (TPSA) is 85.4 Å². The summed E-state index contributed by atoms with van der Waals surface area (Å²) in [6.07, 6.45) is 4.40. The van der Waals surface area contributed by atoms with E-state index in [4.69, 9.17) is 15.8 Å². The summed E-state index contributed by atoms with van der Waals surface area (Å²) in [5, 5.41) is 3.57. The number of aromatic nitrogens is 1. The molecule has 0 bridgehead atoms. The second-order valence-corrected chi connectivity index (χ2v) is 9.39. The Morgan fingerprint density at radius 1 is 1.06 bits per heavy atom. The average Bonchev–Trinajstić information content (AvgIpc) is 2.72. The van der Waals surface area contributed by atoms with E-state index in [0.717, 1.165) is 34.1 Å². The van der Waals surface area contributed by atoms with Gasteiger partial charge in [-0.1, -0.05) is 23.7 Å². The van der Waals surface area contributed by atoms with Crippen molar-refractivity contribution < 1.29 is 17.4 Å². The van der Waals surface area contributed by atoms with Gasteiger partial charge in [0.15, 0.2) is 0 Å². The molecule has 31 heavy (non-hydrogen) atoms. The van der Waals surface area contributed by atoms with E-state index in [-0.39, 0.29) is 12.5 Å². The number of amides is 1. The summed E-state index contributed by atoms with van der Waals surface area (Å²) in [5.41, 5.74) is 5.46. The average molecular weight is 459 g/mol. The molecule has 3 rings (SSSR count). The Kier molecular flexibility index (Phi) is 7.10. The highest BCUT2D eigenvalue weighted by molar-refractivity contribution is 7.85. The quantitative estimate of drug-likeness (QED) is 0.529. The van der Waals surface area contributed by atoms with E-state index in [2.05, 4.69) is 10.3 Å². The van der Waals surface area contributed by atoms with Crippen LogP contribution in [0.1, 0.15) is 32.6 Å². The highest BCUT2D eigenvalue weighted by Crippen LogP contribution is 2.26. The highest BCUT2D eigenvalue weighted by atomic mass is 35.5. The lowest BCUT2D eigenvalue weighted by molar-refractivity contribution is 0.0950. The molecule has 1 amide bonds. The van der Waals surface area contributed by atoms with Gasteiger partial charge in [0.25, 0.3) is 16.0 Å². The maximum atomic E-state index is 12.9. The minimum Gasteiger partial charge on any atom is -0.348 e. The SMILES string of the molecule is Cc1cc(CNC(=O)c2cc(COS(C)(=O)=O)cc(-c3ccncc3C)c2)ccc1Cl. The van der Waals surface area contributed by atoms with Crippen molar-refractivity contribution >= 4 is 27.6 Å². The largest absolute Gasteiger partial charge is 0.348 e. The van der Waals surface area contributed by atoms with Gasteiger partial charge in [0.05, 0.1) is 12.9 Å². The van der Waals surface area contributed by atoms with Crippen molar-refractivity contribution in [1.29, 1.82) is 0 Å². The van der Waals surface area contributed by atoms with Crippen molar-refractivity contribution in [2.45, 2.75) is 27.0 Å². The van der Waals surface area contributed by atoms with E-state index in [0.29, 0.717) is 22.7 Å². The summed E-state index contributed by atoms with van der Waals surface area (Å²) < 4.78 is 27.8. The lowest BCUT2D eigenvalue weighted by Gasteiger charge is -2.12. The van der Waals surface area contributed by atoms with Gasteiger partial charge in [0.2, 0.25) is 0 Å². The van der Waals surface area contributed by atoms with Gasteiger partial charge in [-0.2, -0.15) is 8.42 Å². The number of carbonyl (C=O) groups excluding carboxylic acids is 1. The number of nitrogens with zero attached hydrogens (tertiary/aromatic N) is 1. The third-order valence-electron chi connectivity index (χ3n) is 4.70. The van der Waals surface area contributed by atoms with Gasteiger partial charge in [0, 0.05) is 29.5 Å². The summed E-state index contributed by atoms with van der Waals surface area (Å²) in [4.78, 5) is 17.0. The third-order valence-corrected chi connectivity index (χ3v) is 5.67. The number of carbonyl (C=O) groups is 1. The molecule has 0 aliphatic heterocycles. The van der Waals surface area contributed by atoms with Crippen LogP contribution in [0.25, 0.3) is 11.1 Å². The molecule has 1 N–H and O–H groups in total. The highest BCUT2D eigenvalue weighted by Gasteiger charge is 2.13. The van der Waals surface area contributed by atoms with Crippen LogP contribution in [0.4, 0.5) is 0 Å². The monoisotopic (exact) mass is 458 g/mol. The Labute approximate surface area is 187 Å². The van der Waals surface area contributed by atoms with Gasteiger partial charge >= 0.3 is 0 Å². The van der Waals surface area contributed by atoms with E-state index in [1.54, 1.807) is 30.6 Å². The molecule has 162 valence electrons. The molecule has 0 saturated heterocycles. The zero-order valence-corrected chi connectivity index (χ0v) is 19.0. The Morgan fingerprint density at radius 3 is 2.52 bits per heavy atom. The van der Waals surface area contributed by atoms with Crippen molar-refractivity contribution in [3.05, 3.63) is 87.7 Å². The van der Waals surface area contributed by atoms with Crippen LogP contribution in [0.3, 0.4) is 0 Å². The van der Waals surface area contributed by atoms with Crippen LogP contribution >= 0.6 is 11.6 Å². The van der Waals surface area contributed by atoms with Crippen molar-refractivity contribution in [3.8, 4) is 11.1 Å². The minimum atomic E-state index is -3.62.